The Morgan fingerprint density at radius 3 is 2.50 bits per heavy atom. The number of fused-ring (bicyclic) bond motifs is 1. The molecule has 1 aromatic heterocycles. The van der Waals surface area contributed by atoms with Crippen LogP contribution < -0.4 is 16.4 Å². The van der Waals surface area contributed by atoms with E-state index in [2.05, 4.69) is 11.2 Å². The number of urea groups is 1. The number of carbonyl (C=O) groups is 1. The summed E-state index contributed by atoms with van der Waals surface area (Å²) in [6.45, 7) is 0. The van der Waals surface area contributed by atoms with Crippen LogP contribution in [0, 0.1) is 11.3 Å². The zero-order valence-electron chi connectivity index (χ0n) is 14.7. The van der Waals surface area contributed by atoms with E-state index >= 15 is 0 Å². The van der Waals surface area contributed by atoms with E-state index in [1.807, 2.05) is 24.3 Å². The molecule has 1 heterocycles. The van der Waals surface area contributed by atoms with Crippen LogP contribution in [0.2, 0.25) is 0 Å². The van der Waals surface area contributed by atoms with Gasteiger partial charge in [0.25, 0.3) is 0 Å². The molecule has 4 N–H and O–H groups in total. The number of nitrogen functional groups attached to an aromatic ring is 1. The third-order valence-electron chi connectivity index (χ3n) is 4.42. The molecule has 0 radical (unpaired) electrons. The van der Waals surface area contributed by atoms with Crippen LogP contribution in [-0.2, 0) is 0 Å². The van der Waals surface area contributed by atoms with Crippen LogP contribution in [0.3, 0.4) is 0 Å². The van der Waals surface area contributed by atoms with Crippen molar-refractivity contribution >= 4 is 34.2 Å². The number of hydrogen-bond acceptors (Lipinski definition) is 5. The first-order chi connectivity index (χ1) is 13.6. The van der Waals surface area contributed by atoms with Gasteiger partial charge in [-0.05, 0) is 47.5 Å². The van der Waals surface area contributed by atoms with Crippen molar-refractivity contribution in [1.29, 1.82) is 5.26 Å². The summed E-state index contributed by atoms with van der Waals surface area (Å²) in [5.74, 6) is 0.321. The summed E-state index contributed by atoms with van der Waals surface area (Å²) in [6, 6.07) is 21.0. The highest BCUT2D eigenvalue weighted by Gasteiger charge is 2.17. The fourth-order valence-corrected chi connectivity index (χ4v) is 3.16. The standard InChI is InChI=1S/C21H15N5O2/c22-12-13-3-1-4-16(11-13)26(21(24)27)15-9-7-14(8-10-15)17-5-2-6-18-19(17)20(23)25-28-18/h1-11H,(H2,23,25)(H2,24,27). The largest absolute Gasteiger partial charge is 0.380 e. The maximum absolute atomic E-state index is 12.1. The van der Waals surface area contributed by atoms with Crippen molar-refractivity contribution in [3.05, 3.63) is 72.3 Å². The van der Waals surface area contributed by atoms with Gasteiger partial charge in [0.2, 0.25) is 0 Å². The number of benzene rings is 3. The molecule has 0 aliphatic carbocycles. The predicted molar refractivity (Wildman–Crippen MR) is 107 cm³/mol. The summed E-state index contributed by atoms with van der Waals surface area (Å²) in [4.78, 5) is 13.4. The third-order valence-corrected chi connectivity index (χ3v) is 4.42. The summed E-state index contributed by atoms with van der Waals surface area (Å²) in [7, 11) is 0. The van der Waals surface area contributed by atoms with Crippen LogP contribution in [0.25, 0.3) is 22.1 Å². The molecule has 4 rings (SSSR count). The van der Waals surface area contributed by atoms with E-state index in [1.54, 1.807) is 42.5 Å². The summed E-state index contributed by atoms with van der Waals surface area (Å²) >= 11 is 0. The lowest BCUT2D eigenvalue weighted by Gasteiger charge is -2.21. The minimum absolute atomic E-state index is 0.321. The molecule has 7 heteroatoms. The van der Waals surface area contributed by atoms with Gasteiger partial charge < -0.3 is 16.0 Å². The number of nitrogens with two attached hydrogens (primary N) is 2. The van der Waals surface area contributed by atoms with E-state index in [1.165, 1.54) is 4.90 Å². The first kappa shape index (κ1) is 17.1. The third kappa shape index (κ3) is 2.89. The fraction of sp³-hybridized carbons (Fsp3) is 0. The number of nitriles is 1. The summed E-state index contributed by atoms with van der Waals surface area (Å²) in [5, 5.41) is 13.7. The zero-order chi connectivity index (χ0) is 19.7. The molecule has 4 aromatic rings. The van der Waals surface area contributed by atoms with Gasteiger partial charge in [-0.3, -0.25) is 4.90 Å². The van der Waals surface area contributed by atoms with Crippen LogP contribution in [0.5, 0.6) is 0 Å². The van der Waals surface area contributed by atoms with Gasteiger partial charge in [0.1, 0.15) is 0 Å². The maximum Gasteiger partial charge on any atom is 0.323 e. The molecular formula is C21H15N5O2. The van der Waals surface area contributed by atoms with Gasteiger partial charge in [-0.2, -0.15) is 5.26 Å². The van der Waals surface area contributed by atoms with E-state index in [0.29, 0.717) is 28.3 Å². The van der Waals surface area contributed by atoms with Crippen LogP contribution in [0.1, 0.15) is 5.56 Å². The van der Waals surface area contributed by atoms with Gasteiger partial charge in [0.15, 0.2) is 11.4 Å². The monoisotopic (exact) mass is 369 g/mol. The lowest BCUT2D eigenvalue weighted by Crippen LogP contribution is -2.31. The van der Waals surface area contributed by atoms with Crippen molar-refractivity contribution in [3.8, 4) is 17.2 Å². The van der Waals surface area contributed by atoms with Crippen molar-refractivity contribution in [2.45, 2.75) is 0 Å². The molecule has 7 nitrogen and oxygen atoms in total. The lowest BCUT2D eigenvalue weighted by molar-refractivity contribution is 0.256. The molecule has 136 valence electrons. The second-order valence-corrected chi connectivity index (χ2v) is 6.13. The van der Waals surface area contributed by atoms with E-state index in [0.717, 1.165) is 16.5 Å². The highest BCUT2D eigenvalue weighted by molar-refractivity contribution is 6.02. The number of rotatable bonds is 3. The van der Waals surface area contributed by atoms with Gasteiger partial charge in [-0.25, -0.2) is 4.79 Å². The fourth-order valence-electron chi connectivity index (χ4n) is 3.16. The van der Waals surface area contributed by atoms with E-state index < -0.39 is 6.03 Å². The summed E-state index contributed by atoms with van der Waals surface area (Å²) < 4.78 is 5.21. The smallest absolute Gasteiger partial charge is 0.323 e. The normalized spacial score (nSPS) is 10.5. The first-order valence-electron chi connectivity index (χ1n) is 8.42. The second-order valence-electron chi connectivity index (χ2n) is 6.13. The van der Waals surface area contributed by atoms with E-state index in [-0.39, 0.29) is 0 Å². The Morgan fingerprint density at radius 1 is 1.04 bits per heavy atom. The quantitative estimate of drug-likeness (QED) is 0.561. The number of hydrogen-bond donors (Lipinski definition) is 2. The van der Waals surface area contributed by atoms with Crippen molar-refractivity contribution in [3.63, 3.8) is 0 Å². The van der Waals surface area contributed by atoms with Gasteiger partial charge in [0.05, 0.1) is 28.4 Å². The van der Waals surface area contributed by atoms with Crippen molar-refractivity contribution < 1.29 is 9.32 Å². The highest BCUT2D eigenvalue weighted by atomic mass is 16.5. The molecule has 3 aromatic carbocycles. The topological polar surface area (TPSA) is 122 Å². The molecular weight excluding hydrogens is 354 g/mol. The summed E-state index contributed by atoms with van der Waals surface area (Å²) in [6.07, 6.45) is 0. The first-order valence-corrected chi connectivity index (χ1v) is 8.42. The van der Waals surface area contributed by atoms with Gasteiger partial charge >= 0.3 is 6.03 Å². The number of aromatic nitrogens is 1. The van der Waals surface area contributed by atoms with Gasteiger partial charge in [-0.1, -0.05) is 35.5 Å². The minimum Gasteiger partial charge on any atom is -0.380 e. The average Bonchev–Trinajstić information content (AvgIpc) is 3.10. The molecule has 0 atom stereocenters. The Balaban J connectivity index is 1.76. The lowest BCUT2D eigenvalue weighted by atomic mass is 10.0. The highest BCUT2D eigenvalue weighted by Crippen LogP contribution is 2.34. The summed E-state index contributed by atoms with van der Waals surface area (Å²) in [5.41, 5.74) is 15.4. The Morgan fingerprint density at radius 2 is 1.79 bits per heavy atom. The van der Waals surface area contributed by atoms with Gasteiger partial charge in [-0.15, -0.1) is 0 Å². The zero-order valence-corrected chi connectivity index (χ0v) is 14.7. The Labute approximate surface area is 160 Å². The van der Waals surface area contributed by atoms with Crippen molar-refractivity contribution in [1.82, 2.24) is 5.16 Å². The van der Waals surface area contributed by atoms with Crippen molar-refractivity contribution in [2.75, 3.05) is 10.6 Å². The molecule has 0 bridgehead atoms. The maximum atomic E-state index is 12.1. The molecule has 0 saturated carbocycles. The van der Waals surface area contributed by atoms with Crippen LogP contribution in [-0.4, -0.2) is 11.2 Å². The molecule has 0 spiro atoms. The molecule has 28 heavy (non-hydrogen) atoms. The SMILES string of the molecule is N#Cc1cccc(N(C(N)=O)c2ccc(-c3cccc4onc(N)c34)cc2)c1. The molecule has 0 fully saturated rings. The Hall–Kier alpha value is -4.31. The Kier molecular flexibility index (Phi) is 4.14. The van der Waals surface area contributed by atoms with Crippen LogP contribution in [0.4, 0.5) is 22.0 Å². The number of nitrogens with zero attached hydrogens (tertiary/aromatic N) is 3. The number of anilines is 3. The Bertz CT molecular complexity index is 1220. The average molecular weight is 369 g/mol. The van der Waals surface area contributed by atoms with Gasteiger partial charge in [0, 0.05) is 0 Å². The number of primary amides is 1. The number of carbonyl (C=O) groups excluding carboxylic acids is 1. The molecule has 2 amide bonds. The molecule has 0 aliphatic heterocycles. The van der Waals surface area contributed by atoms with E-state index in [4.69, 9.17) is 21.3 Å². The molecule has 0 aliphatic rings. The van der Waals surface area contributed by atoms with Crippen LogP contribution >= 0.6 is 0 Å². The van der Waals surface area contributed by atoms with E-state index in [9.17, 15) is 4.79 Å². The van der Waals surface area contributed by atoms with Crippen molar-refractivity contribution in [2.24, 2.45) is 5.73 Å². The van der Waals surface area contributed by atoms with Crippen LogP contribution in [0.15, 0.2) is 71.3 Å². The predicted octanol–water partition coefficient (Wildman–Crippen LogP) is 4.17. The second kappa shape index (κ2) is 6.78. The number of amides is 2. The minimum atomic E-state index is -0.645. The molecule has 0 saturated heterocycles. The molecule has 0 unspecified atom stereocenters.